The van der Waals surface area contributed by atoms with Crippen molar-refractivity contribution in [3.05, 3.63) is 26.7 Å². The fourth-order valence-corrected chi connectivity index (χ4v) is 4.56. The predicted octanol–water partition coefficient (Wildman–Crippen LogP) is 3.07. The van der Waals surface area contributed by atoms with E-state index in [1.165, 1.54) is 19.2 Å². The molecular weight excluding hydrogens is 365 g/mol. The van der Waals surface area contributed by atoms with Gasteiger partial charge in [0, 0.05) is 17.6 Å². The Balaban J connectivity index is 3.13. The number of methoxy groups -OCH3 is 1. The number of ether oxygens (including phenoxy) is 1. The third-order valence-electron chi connectivity index (χ3n) is 2.00. The van der Waals surface area contributed by atoms with Crippen molar-refractivity contribution in [2.75, 3.05) is 13.7 Å². The van der Waals surface area contributed by atoms with Crippen molar-refractivity contribution in [2.24, 2.45) is 0 Å². The van der Waals surface area contributed by atoms with Gasteiger partial charge in [0.1, 0.15) is 4.90 Å². The van der Waals surface area contributed by atoms with Crippen LogP contribution in [0.5, 0.6) is 0 Å². The van der Waals surface area contributed by atoms with Gasteiger partial charge in [0.05, 0.1) is 16.7 Å². The molecule has 0 aromatic heterocycles. The molecule has 102 valence electrons. The van der Waals surface area contributed by atoms with Crippen LogP contribution in [-0.4, -0.2) is 28.2 Å². The highest BCUT2D eigenvalue weighted by atomic mass is 79.9. The molecular formula is C10H12BrCl2NO3S. The number of hydrogen-bond acceptors (Lipinski definition) is 3. The minimum Gasteiger partial charge on any atom is -0.383 e. The molecule has 0 heterocycles. The Labute approximate surface area is 125 Å². The standard InChI is InChI=1S/C10H12BrCl2NO3S/c1-6(5-17-2)14-18(15,16)10-8(12)3-7(11)4-9(10)13/h3-4,6,14H,5H2,1-2H3. The molecule has 1 unspecified atom stereocenters. The second-order valence-electron chi connectivity index (χ2n) is 3.68. The maximum absolute atomic E-state index is 12.1. The average molecular weight is 377 g/mol. The van der Waals surface area contributed by atoms with Gasteiger partial charge in [-0.3, -0.25) is 0 Å². The summed E-state index contributed by atoms with van der Waals surface area (Å²) in [7, 11) is -2.28. The summed E-state index contributed by atoms with van der Waals surface area (Å²) in [6, 6.07) is 2.57. The van der Waals surface area contributed by atoms with Crippen LogP contribution in [0.3, 0.4) is 0 Å². The van der Waals surface area contributed by atoms with E-state index >= 15 is 0 Å². The first-order chi connectivity index (χ1) is 8.27. The monoisotopic (exact) mass is 375 g/mol. The van der Waals surface area contributed by atoms with Gasteiger partial charge in [-0.15, -0.1) is 0 Å². The van der Waals surface area contributed by atoms with Crippen LogP contribution < -0.4 is 4.72 Å². The summed E-state index contributed by atoms with van der Waals surface area (Å²) >= 11 is 15.0. The first-order valence-corrected chi connectivity index (χ1v) is 7.97. The van der Waals surface area contributed by atoms with Crippen molar-refractivity contribution in [3.63, 3.8) is 0 Å². The summed E-state index contributed by atoms with van der Waals surface area (Å²) in [5.74, 6) is 0. The predicted molar refractivity (Wildman–Crippen MR) is 75.8 cm³/mol. The Morgan fingerprint density at radius 1 is 1.39 bits per heavy atom. The number of halogens is 3. The number of rotatable bonds is 5. The smallest absolute Gasteiger partial charge is 0.243 e. The highest BCUT2D eigenvalue weighted by Crippen LogP contribution is 2.32. The summed E-state index contributed by atoms with van der Waals surface area (Å²) < 4.78 is 32.2. The number of nitrogens with one attached hydrogen (secondary N) is 1. The van der Waals surface area contributed by atoms with E-state index in [0.29, 0.717) is 4.47 Å². The molecule has 0 aliphatic carbocycles. The molecule has 0 aliphatic rings. The molecule has 4 nitrogen and oxygen atoms in total. The summed E-state index contributed by atoms with van der Waals surface area (Å²) in [4.78, 5) is -0.128. The summed E-state index contributed by atoms with van der Waals surface area (Å²) in [5, 5.41) is 0.123. The third kappa shape index (κ3) is 4.08. The maximum Gasteiger partial charge on any atom is 0.243 e. The molecule has 18 heavy (non-hydrogen) atoms. The van der Waals surface area contributed by atoms with Gasteiger partial charge in [0.15, 0.2) is 0 Å². The van der Waals surface area contributed by atoms with Crippen LogP contribution in [0.1, 0.15) is 6.92 Å². The average Bonchev–Trinajstić information content (AvgIpc) is 2.13. The topological polar surface area (TPSA) is 55.4 Å². The van der Waals surface area contributed by atoms with E-state index in [0.717, 1.165) is 0 Å². The van der Waals surface area contributed by atoms with Gasteiger partial charge in [-0.2, -0.15) is 0 Å². The van der Waals surface area contributed by atoms with Gasteiger partial charge >= 0.3 is 0 Å². The first kappa shape index (κ1) is 16.2. The number of hydrogen-bond donors (Lipinski definition) is 1. The van der Waals surface area contributed by atoms with Crippen LogP contribution in [-0.2, 0) is 14.8 Å². The van der Waals surface area contributed by atoms with Crippen LogP contribution in [0, 0.1) is 0 Å². The van der Waals surface area contributed by atoms with Gasteiger partial charge in [-0.25, -0.2) is 13.1 Å². The molecule has 1 N–H and O–H groups in total. The van der Waals surface area contributed by atoms with Crippen molar-refractivity contribution in [2.45, 2.75) is 17.9 Å². The zero-order chi connectivity index (χ0) is 13.9. The summed E-state index contributed by atoms with van der Waals surface area (Å²) in [5.41, 5.74) is 0. The SMILES string of the molecule is COCC(C)NS(=O)(=O)c1c(Cl)cc(Br)cc1Cl. The van der Waals surface area contributed by atoms with E-state index in [-0.39, 0.29) is 27.6 Å². The van der Waals surface area contributed by atoms with Gasteiger partial charge < -0.3 is 4.74 Å². The molecule has 0 saturated heterocycles. The van der Waals surface area contributed by atoms with Crippen LogP contribution >= 0.6 is 39.1 Å². The molecule has 1 aromatic rings. The van der Waals surface area contributed by atoms with Gasteiger partial charge in [-0.05, 0) is 19.1 Å². The van der Waals surface area contributed by atoms with Crippen molar-refractivity contribution < 1.29 is 13.2 Å². The fraction of sp³-hybridized carbons (Fsp3) is 0.400. The second kappa shape index (κ2) is 6.54. The lowest BCUT2D eigenvalue weighted by Crippen LogP contribution is -2.35. The van der Waals surface area contributed by atoms with Crippen molar-refractivity contribution in [3.8, 4) is 0 Å². The molecule has 0 fully saturated rings. The quantitative estimate of drug-likeness (QED) is 0.859. The summed E-state index contributed by atoms with van der Waals surface area (Å²) in [6.07, 6.45) is 0. The third-order valence-corrected chi connectivity index (χ3v) is 4.97. The molecule has 0 aliphatic heterocycles. The Morgan fingerprint density at radius 2 is 1.89 bits per heavy atom. The van der Waals surface area contributed by atoms with Crippen molar-refractivity contribution >= 4 is 49.2 Å². The van der Waals surface area contributed by atoms with E-state index in [1.807, 2.05) is 0 Å². The van der Waals surface area contributed by atoms with E-state index in [2.05, 4.69) is 20.7 Å². The largest absolute Gasteiger partial charge is 0.383 e. The van der Waals surface area contributed by atoms with Gasteiger partial charge in [0.25, 0.3) is 0 Å². The lowest BCUT2D eigenvalue weighted by atomic mass is 10.4. The normalized spacial score (nSPS) is 13.6. The van der Waals surface area contributed by atoms with Crippen LogP contribution in [0.4, 0.5) is 0 Å². The minimum absolute atomic E-state index is 0.0616. The molecule has 1 aromatic carbocycles. The lowest BCUT2D eigenvalue weighted by molar-refractivity contribution is 0.180. The van der Waals surface area contributed by atoms with Crippen molar-refractivity contribution in [1.29, 1.82) is 0 Å². The zero-order valence-electron chi connectivity index (χ0n) is 9.71. The first-order valence-electron chi connectivity index (χ1n) is 4.93. The maximum atomic E-state index is 12.1. The fourth-order valence-electron chi connectivity index (χ4n) is 1.39. The zero-order valence-corrected chi connectivity index (χ0v) is 13.6. The van der Waals surface area contributed by atoms with Gasteiger partial charge in [-0.1, -0.05) is 39.1 Å². The van der Waals surface area contributed by atoms with Gasteiger partial charge in [0.2, 0.25) is 10.0 Å². The van der Waals surface area contributed by atoms with E-state index in [1.54, 1.807) is 6.92 Å². The molecule has 0 bridgehead atoms. The Hall–Kier alpha value is 0.150. The van der Waals surface area contributed by atoms with Crippen molar-refractivity contribution in [1.82, 2.24) is 4.72 Å². The number of benzene rings is 1. The molecule has 0 radical (unpaired) electrons. The molecule has 8 heteroatoms. The minimum atomic E-state index is -3.77. The highest BCUT2D eigenvalue weighted by molar-refractivity contribution is 9.10. The van der Waals surface area contributed by atoms with Crippen LogP contribution in [0.25, 0.3) is 0 Å². The van der Waals surface area contributed by atoms with E-state index in [9.17, 15) is 8.42 Å². The Morgan fingerprint density at radius 3 is 2.33 bits per heavy atom. The molecule has 0 spiro atoms. The Bertz CT molecular complexity index is 513. The molecule has 0 amide bonds. The van der Waals surface area contributed by atoms with E-state index < -0.39 is 10.0 Å². The number of sulfonamides is 1. The Kier molecular flexibility index (Phi) is 5.89. The van der Waals surface area contributed by atoms with Crippen LogP contribution in [0.2, 0.25) is 10.0 Å². The highest BCUT2D eigenvalue weighted by Gasteiger charge is 2.24. The molecule has 1 rings (SSSR count). The molecule has 0 saturated carbocycles. The van der Waals surface area contributed by atoms with E-state index in [4.69, 9.17) is 27.9 Å². The lowest BCUT2D eigenvalue weighted by Gasteiger charge is -2.15. The molecule has 1 atom stereocenters. The summed E-state index contributed by atoms with van der Waals surface area (Å²) in [6.45, 7) is 1.94. The van der Waals surface area contributed by atoms with Crippen LogP contribution in [0.15, 0.2) is 21.5 Å². The second-order valence-corrected chi connectivity index (χ2v) is 7.06.